The van der Waals surface area contributed by atoms with Crippen LogP contribution in [0.25, 0.3) is 0 Å². The van der Waals surface area contributed by atoms with Crippen LogP contribution in [0.5, 0.6) is 5.75 Å². The van der Waals surface area contributed by atoms with Gasteiger partial charge in [-0.15, -0.1) is 0 Å². The monoisotopic (exact) mass is 458 g/mol. The molecule has 166 valence electrons. The highest BCUT2D eigenvalue weighted by Crippen LogP contribution is 2.18. The molecule has 0 radical (unpaired) electrons. The van der Waals surface area contributed by atoms with Crippen molar-refractivity contribution in [2.75, 3.05) is 23.8 Å². The van der Waals surface area contributed by atoms with Gasteiger partial charge in [0.25, 0.3) is 15.9 Å². The number of anilines is 2. The quantitative estimate of drug-likeness (QED) is 0.501. The maximum atomic E-state index is 13.0. The molecule has 0 saturated carbocycles. The molecule has 0 unspecified atom stereocenters. The zero-order valence-electron chi connectivity index (χ0n) is 16.9. The van der Waals surface area contributed by atoms with Gasteiger partial charge in [-0.1, -0.05) is 6.07 Å². The van der Waals surface area contributed by atoms with E-state index in [0.717, 1.165) is 18.2 Å². The van der Waals surface area contributed by atoms with E-state index in [2.05, 4.69) is 10.0 Å². The summed E-state index contributed by atoms with van der Waals surface area (Å²) in [4.78, 5) is 24.1. The first-order chi connectivity index (χ1) is 15.3. The number of nitrogens with one attached hydrogen (secondary N) is 2. The predicted molar refractivity (Wildman–Crippen MR) is 116 cm³/mol. The molecule has 1 amide bonds. The Hall–Kier alpha value is -3.92. The van der Waals surface area contributed by atoms with Crippen LogP contribution in [0, 0.1) is 5.82 Å². The van der Waals surface area contributed by atoms with Gasteiger partial charge in [-0.3, -0.25) is 9.52 Å². The predicted octanol–water partition coefficient (Wildman–Crippen LogP) is 3.43. The van der Waals surface area contributed by atoms with Gasteiger partial charge in [0, 0.05) is 11.4 Å². The number of amides is 1. The topological polar surface area (TPSA) is 111 Å². The van der Waals surface area contributed by atoms with E-state index in [1.54, 1.807) is 24.3 Å². The van der Waals surface area contributed by atoms with Crippen LogP contribution < -0.4 is 14.8 Å². The standard InChI is InChI=1S/C22H19FN2O6S/c1-30-19-11-9-17(10-12-19)24-21(26)14-31-22(27)15-3-2-4-20(13-15)32(28,29)25-18-7-5-16(23)6-8-18/h2-13,25H,14H2,1H3,(H,24,26). The maximum absolute atomic E-state index is 13.0. The van der Waals surface area contributed by atoms with E-state index in [1.165, 1.54) is 37.4 Å². The fourth-order valence-corrected chi connectivity index (χ4v) is 3.71. The van der Waals surface area contributed by atoms with Gasteiger partial charge in [0.1, 0.15) is 11.6 Å². The molecule has 2 N–H and O–H groups in total. The zero-order chi connectivity index (χ0) is 23.1. The lowest BCUT2D eigenvalue weighted by Crippen LogP contribution is -2.21. The molecule has 0 aliphatic heterocycles. The summed E-state index contributed by atoms with van der Waals surface area (Å²) in [5, 5.41) is 2.56. The first-order valence-corrected chi connectivity index (χ1v) is 10.7. The number of halogens is 1. The van der Waals surface area contributed by atoms with Gasteiger partial charge in [0.2, 0.25) is 0 Å². The second-order valence-electron chi connectivity index (χ2n) is 6.49. The highest BCUT2D eigenvalue weighted by atomic mass is 32.2. The Labute approximate surface area is 184 Å². The van der Waals surface area contributed by atoms with Crippen LogP contribution in [-0.2, 0) is 19.6 Å². The molecule has 3 aromatic carbocycles. The van der Waals surface area contributed by atoms with Gasteiger partial charge < -0.3 is 14.8 Å². The maximum Gasteiger partial charge on any atom is 0.338 e. The summed E-state index contributed by atoms with van der Waals surface area (Å²) in [6, 6.07) is 16.5. The van der Waals surface area contributed by atoms with Gasteiger partial charge >= 0.3 is 5.97 Å². The molecule has 3 aromatic rings. The number of carbonyl (C=O) groups is 2. The first kappa shape index (κ1) is 22.8. The Morgan fingerprint density at radius 3 is 2.25 bits per heavy atom. The number of esters is 1. The Kier molecular flexibility index (Phi) is 7.06. The van der Waals surface area contributed by atoms with Gasteiger partial charge in [-0.05, 0) is 66.7 Å². The summed E-state index contributed by atoms with van der Waals surface area (Å²) in [6.45, 7) is -0.560. The molecule has 0 spiro atoms. The fraction of sp³-hybridized carbons (Fsp3) is 0.0909. The lowest BCUT2D eigenvalue weighted by atomic mass is 10.2. The molecule has 0 saturated heterocycles. The zero-order valence-corrected chi connectivity index (χ0v) is 17.7. The number of carbonyl (C=O) groups excluding carboxylic acids is 2. The number of ether oxygens (including phenoxy) is 2. The SMILES string of the molecule is COc1ccc(NC(=O)COC(=O)c2cccc(S(=O)(=O)Nc3ccc(F)cc3)c2)cc1. The molecule has 0 aromatic heterocycles. The molecule has 32 heavy (non-hydrogen) atoms. The van der Waals surface area contributed by atoms with Crippen LogP contribution in [0.1, 0.15) is 10.4 Å². The molecule has 0 aliphatic carbocycles. The normalized spacial score (nSPS) is 10.8. The number of hydrogen-bond acceptors (Lipinski definition) is 6. The largest absolute Gasteiger partial charge is 0.497 e. The number of rotatable bonds is 8. The highest BCUT2D eigenvalue weighted by Gasteiger charge is 2.18. The van der Waals surface area contributed by atoms with Crippen LogP contribution in [0.4, 0.5) is 15.8 Å². The van der Waals surface area contributed by atoms with Crippen molar-refractivity contribution in [3.8, 4) is 5.75 Å². The Bertz CT molecular complexity index is 1210. The van der Waals surface area contributed by atoms with Crippen LogP contribution in [-0.4, -0.2) is 34.0 Å². The average Bonchev–Trinajstić information content (AvgIpc) is 2.79. The van der Waals surface area contributed by atoms with Crippen molar-refractivity contribution < 1.29 is 31.9 Å². The van der Waals surface area contributed by atoms with Crippen molar-refractivity contribution in [1.29, 1.82) is 0 Å². The lowest BCUT2D eigenvalue weighted by molar-refractivity contribution is -0.119. The summed E-state index contributed by atoms with van der Waals surface area (Å²) in [7, 11) is -2.51. The summed E-state index contributed by atoms with van der Waals surface area (Å²) >= 11 is 0. The molecule has 3 rings (SSSR count). The third-order valence-corrected chi connectivity index (χ3v) is 5.56. The van der Waals surface area contributed by atoms with Crippen LogP contribution in [0.3, 0.4) is 0 Å². The third-order valence-electron chi connectivity index (χ3n) is 4.18. The molecular weight excluding hydrogens is 439 g/mol. The molecule has 10 heteroatoms. The van der Waals surface area contributed by atoms with E-state index in [9.17, 15) is 22.4 Å². The smallest absolute Gasteiger partial charge is 0.338 e. The highest BCUT2D eigenvalue weighted by molar-refractivity contribution is 7.92. The van der Waals surface area contributed by atoms with E-state index in [-0.39, 0.29) is 16.1 Å². The van der Waals surface area contributed by atoms with Gasteiger partial charge in [-0.2, -0.15) is 0 Å². The van der Waals surface area contributed by atoms with Crippen molar-refractivity contribution in [3.05, 3.63) is 84.2 Å². The molecule has 8 nitrogen and oxygen atoms in total. The molecule has 0 fully saturated rings. The molecule has 0 bridgehead atoms. The first-order valence-electron chi connectivity index (χ1n) is 9.26. The minimum absolute atomic E-state index is 0.0516. The van der Waals surface area contributed by atoms with E-state index in [4.69, 9.17) is 9.47 Å². The number of methoxy groups -OCH3 is 1. The molecular formula is C22H19FN2O6S. The molecule has 0 heterocycles. The van der Waals surface area contributed by atoms with Crippen molar-refractivity contribution in [3.63, 3.8) is 0 Å². The third kappa shape index (κ3) is 6.05. The van der Waals surface area contributed by atoms with Crippen molar-refractivity contribution in [1.82, 2.24) is 0 Å². The van der Waals surface area contributed by atoms with Crippen LogP contribution in [0.15, 0.2) is 77.7 Å². The van der Waals surface area contributed by atoms with E-state index < -0.39 is 34.3 Å². The van der Waals surface area contributed by atoms with Crippen molar-refractivity contribution >= 4 is 33.3 Å². The van der Waals surface area contributed by atoms with E-state index >= 15 is 0 Å². The lowest BCUT2D eigenvalue weighted by Gasteiger charge is -2.10. The summed E-state index contributed by atoms with van der Waals surface area (Å²) in [5.41, 5.74) is 0.602. The van der Waals surface area contributed by atoms with Gasteiger partial charge in [-0.25, -0.2) is 17.6 Å². The number of benzene rings is 3. The average molecular weight is 458 g/mol. The Balaban J connectivity index is 1.61. The summed E-state index contributed by atoms with van der Waals surface area (Å²) < 4.78 is 50.4. The molecule has 0 aliphatic rings. The summed E-state index contributed by atoms with van der Waals surface area (Å²) in [5.74, 6) is -1.31. The van der Waals surface area contributed by atoms with Crippen molar-refractivity contribution in [2.24, 2.45) is 0 Å². The number of hydrogen-bond donors (Lipinski definition) is 2. The summed E-state index contributed by atoms with van der Waals surface area (Å²) in [6.07, 6.45) is 0. The minimum atomic E-state index is -4.03. The van der Waals surface area contributed by atoms with Gasteiger partial charge in [0.05, 0.1) is 17.6 Å². The molecule has 0 atom stereocenters. The second-order valence-corrected chi connectivity index (χ2v) is 8.18. The second kappa shape index (κ2) is 9.92. The van der Waals surface area contributed by atoms with Crippen LogP contribution in [0.2, 0.25) is 0 Å². The minimum Gasteiger partial charge on any atom is -0.497 e. The van der Waals surface area contributed by atoms with Crippen LogP contribution >= 0.6 is 0 Å². The fourth-order valence-electron chi connectivity index (χ4n) is 2.61. The Morgan fingerprint density at radius 1 is 0.938 bits per heavy atom. The van der Waals surface area contributed by atoms with E-state index in [1.807, 2.05) is 0 Å². The van der Waals surface area contributed by atoms with Crippen molar-refractivity contribution in [2.45, 2.75) is 4.90 Å². The van der Waals surface area contributed by atoms with E-state index in [0.29, 0.717) is 11.4 Å². The number of sulfonamides is 1. The Morgan fingerprint density at radius 2 is 1.59 bits per heavy atom. The van der Waals surface area contributed by atoms with Gasteiger partial charge in [0.15, 0.2) is 6.61 Å².